The summed E-state index contributed by atoms with van der Waals surface area (Å²) >= 11 is 5.35. The van der Waals surface area contributed by atoms with E-state index in [1.54, 1.807) is 12.1 Å². The Balaban J connectivity index is 3.23. The van der Waals surface area contributed by atoms with Crippen molar-refractivity contribution in [2.75, 3.05) is 5.88 Å². The van der Waals surface area contributed by atoms with Crippen LogP contribution in [0, 0.1) is 33.3 Å². The lowest BCUT2D eigenvalue weighted by Crippen LogP contribution is -1.92. The molecular weight excluding hydrogens is 216 g/mol. The van der Waals surface area contributed by atoms with Gasteiger partial charge in [-0.2, -0.15) is 5.26 Å². The van der Waals surface area contributed by atoms with Crippen molar-refractivity contribution in [3.8, 4) is 17.9 Å². The topological polar surface area (TPSA) is 66.9 Å². The van der Waals surface area contributed by atoms with Crippen LogP contribution in [-0.2, 0) is 0 Å². The van der Waals surface area contributed by atoms with Crippen LogP contribution >= 0.6 is 11.6 Å². The third-order valence-corrected chi connectivity index (χ3v) is 1.75. The quantitative estimate of drug-likeness (QED) is 0.315. The molecule has 0 unspecified atom stereocenters. The highest BCUT2D eigenvalue weighted by atomic mass is 35.5. The van der Waals surface area contributed by atoms with Crippen LogP contribution in [0.3, 0.4) is 0 Å². The summed E-state index contributed by atoms with van der Waals surface area (Å²) in [6, 6.07) is 5.92. The molecule has 15 heavy (non-hydrogen) atoms. The van der Waals surface area contributed by atoms with Crippen molar-refractivity contribution in [3.05, 3.63) is 39.4 Å². The van der Waals surface area contributed by atoms with E-state index in [9.17, 15) is 10.1 Å². The highest BCUT2D eigenvalue weighted by Gasteiger charge is 2.13. The van der Waals surface area contributed by atoms with E-state index in [1.165, 1.54) is 12.1 Å². The normalized spacial score (nSPS) is 8.53. The van der Waals surface area contributed by atoms with Crippen molar-refractivity contribution in [1.82, 2.24) is 0 Å². The number of rotatable bonds is 1. The summed E-state index contributed by atoms with van der Waals surface area (Å²) in [6.07, 6.45) is 0. The molecule has 0 atom stereocenters. The minimum Gasteiger partial charge on any atom is -0.258 e. The molecule has 0 bridgehead atoms. The minimum atomic E-state index is -0.607. The summed E-state index contributed by atoms with van der Waals surface area (Å²) in [7, 11) is 0. The maximum Gasteiger partial charge on any atom is 0.288 e. The first-order valence-electron chi connectivity index (χ1n) is 3.92. The van der Waals surface area contributed by atoms with E-state index in [0.717, 1.165) is 0 Å². The second-order valence-electron chi connectivity index (χ2n) is 2.54. The van der Waals surface area contributed by atoms with Gasteiger partial charge in [-0.05, 0) is 12.1 Å². The van der Waals surface area contributed by atoms with Crippen molar-refractivity contribution in [3.63, 3.8) is 0 Å². The molecule has 1 aromatic rings. The first-order valence-corrected chi connectivity index (χ1v) is 4.46. The van der Waals surface area contributed by atoms with Crippen molar-refractivity contribution < 1.29 is 4.92 Å². The number of nitro groups is 1. The van der Waals surface area contributed by atoms with Gasteiger partial charge < -0.3 is 0 Å². The Labute approximate surface area is 91.2 Å². The molecule has 1 aromatic carbocycles. The Kier molecular flexibility index (Phi) is 3.68. The van der Waals surface area contributed by atoms with Gasteiger partial charge in [0.2, 0.25) is 0 Å². The molecule has 4 nitrogen and oxygen atoms in total. The van der Waals surface area contributed by atoms with Crippen molar-refractivity contribution >= 4 is 17.3 Å². The summed E-state index contributed by atoms with van der Waals surface area (Å²) in [6.45, 7) is 0. The number of hydrogen-bond donors (Lipinski definition) is 0. The Hall–Kier alpha value is -2.04. The zero-order valence-corrected chi connectivity index (χ0v) is 8.28. The van der Waals surface area contributed by atoms with E-state index in [1.807, 2.05) is 0 Å². The van der Waals surface area contributed by atoms with E-state index >= 15 is 0 Å². The molecule has 0 fully saturated rings. The fourth-order valence-corrected chi connectivity index (χ4v) is 1.06. The van der Waals surface area contributed by atoms with Crippen molar-refractivity contribution in [1.29, 1.82) is 5.26 Å². The molecule has 0 aliphatic heterocycles. The highest BCUT2D eigenvalue weighted by Crippen LogP contribution is 2.18. The van der Waals surface area contributed by atoms with Crippen LogP contribution in [0.2, 0.25) is 0 Å². The number of nitriles is 1. The predicted octanol–water partition coefficient (Wildman–Crippen LogP) is 2.06. The van der Waals surface area contributed by atoms with Gasteiger partial charge in [0.15, 0.2) is 0 Å². The smallest absolute Gasteiger partial charge is 0.258 e. The van der Waals surface area contributed by atoms with Gasteiger partial charge in [0.25, 0.3) is 5.69 Å². The maximum absolute atomic E-state index is 10.6. The van der Waals surface area contributed by atoms with Crippen LogP contribution in [0.1, 0.15) is 11.1 Å². The van der Waals surface area contributed by atoms with E-state index < -0.39 is 4.92 Å². The lowest BCUT2D eigenvalue weighted by Gasteiger charge is -1.94. The molecule has 0 aromatic heterocycles. The zero-order chi connectivity index (χ0) is 11.3. The van der Waals surface area contributed by atoms with E-state index in [2.05, 4.69) is 11.8 Å². The molecule has 0 aliphatic carbocycles. The largest absolute Gasteiger partial charge is 0.288 e. The van der Waals surface area contributed by atoms with E-state index in [0.29, 0.717) is 5.56 Å². The first kappa shape index (κ1) is 11.0. The molecule has 0 aliphatic rings. The highest BCUT2D eigenvalue weighted by molar-refractivity contribution is 6.19. The van der Waals surface area contributed by atoms with Crippen molar-refractivity contribution in [2.45, 2.75) is 0 Å². The van der Waals surface area contributed by atoms with Crippen LogP contribution in [-0.4, -0.2) is 10.8 Å². The minimum absolute atomic E-state index is 0.0245. The number of alkyl halides is 1. The van der Waals surface area contributed by atoms with Crippen LogP contribution in [0.25, 0.3) is 0 Å². The molecular formula is C10H5ClN2O2. The first-order chi connectivity index (χ1) is 7.19. The molecule has 0 saturated heterocycles. The molecule has 74 valence electrons. The lowest BCUT2D eigenvalue weighted by atomic mass is 10.1. The molecule has 0 saturated carbocycles. The summed E-state index contributed by atoms with van der Waals surface area (Å²) in [4.78, 5) is 9.98. The standard InChI is InChI=1S/C10H5ClN2O2/c11-5-1-2-8-3-4-9(7-12)10(6-8)13(14)15/h3-4,6H,5H2. The summed E-state index contributed by atoms with van der Waals surface area (Å²) in [5, 5.41) is 19.2. The van der Waals surface area contributed by atoms with Crippen LogP contribution in [0.15, 0.2) is 18.2 Å². The Morgan fingerprint density at radius 1 is 1.53 bits per heavy atom. The number of nitrogens with zero attached hydrogens (tertiary/aromatic N) is 2. The van der Waals surface area contributed by atoms with Gasteiger partial charge in [-0.25, -0.2) is 0 Å². The van der Waals surface area contributed by atoms with E-state index in [-0.39, 0.29) is 17.1 Å². The van der Waals surface area contributed by atoms with Gasteiger partial charge in [0.05, 0.1) is 10.8 Å². The number of nitro benzene ring substituents is 1. The Morgan fingerprint density at radius 2 is 2.27 bits per heavy atom. The SMILES string of the molecule is N#Cc1ccc(C#CCCl)cc1[N+](=O)[O-]. The summed E-state index contributed by atoms with van der Waals surface area (Å²) in [5.41, 5.74) is 0.261. The van der Waals surface area contributed by atoms with Gasteiger partial charge >= 0.3 is 0 Å². The molecule has 0 radical (unpaired) electrons. The van der Waals surface area contributed by atoms with Gasteiger partial charge in [-0.15, -0.1) is 11.6 Å². The van der Waals surface area contributed by atoms with Crippen LogP contribution < -0.4 is 0 Å². The van der Waals surface area contributed by atoms with Gasteiger partial charge in [-0.3, -0.25) is 10.1 Å². The monoisotopic (exact) mass is 220 g/mol. The molecule has 0 N–H and O–H groups in total. The molecule has 1 rings (SSSR count). The molecule has 0 amide bonds. The number of hydrogen-bond acceptors (Lipinski definition) is 3. The number of benzene rings is 1. The summed E-state index contributed by atoms with van der Waals surface area (Å²) < 4.78 is 0. The number of halogens is 1. The second-order valence-corrected chi connectivity index (χ2v) is 2.80. The molecule has 0 spiro atoms. The predicted molar refractivity (Wildman–Crippen MR) is 55.4 cm³/mol. The average molecular weight is 221 g/mol. The van der Waals surface area contributed by atoms with Gasteiger partial charge in [0.1, 0.15) is 11.6 Å². The van der Waals surface area contributed by atoms with E-state index in [4.69, 9.17) is 16.9 Å². The second kappa shape index (κ2) is 4.99. The van der Waals surface area contributed by atoms with Crippen LogP contribution in [0.5, 0.6) is 0 Å². The lowest BCUT2D eigenvalue weighted by molar-refractivity contribution is -0.385. The Morgan fingerprint density at radius 3 is 2.80 bits per heavy atom. The van der Waals surface area contributed by atoms with Gasteiger partial charge in [0, 0.05) is 11.6 Å². The maximum atomic E-state index is 10.6. The molecule has 5 heteroatoms. The zero-order valence-electron chi connectivity index (χ0n) is 7.53. The third-order valence-electron chi connectivity index (χ3n) is 1.61. The average Bonchev–Trinajstić information content (AvgIpc) is 2.25. The fourth-order valence-electron chi connectivity index (χ4n) is 0.990. The fraction of sp³-hybridized carbons (Fsp3) is 0.100. The van der Waals surface area contributed by atoms with Gasteiger partial charge in [-0.1, -0.05) is 11.8 Å². The van der Waals surface area contributed by atoms with Crippen LogP contribution in [0.4, 0.5) is 5.69 Å². The Bertz CT molecular complexity index is 494. The molecule has 0 heterocycles. The third kappa shape index (κ3) is 2.70. The summed E-state index contributed by atoms with van der Waals surface area (Å²) in [5.74, 6) is 5.38. The van der Waals surface area contributed by atoms with Crippen molar-refractivity contribution in [2.24, 2.45) is 0 Å².